The molecule has 1 aliphatic carbocycles. The summed E-state index contributed by atoms with van der Waals surface area (Å²) in [7, 11) is 1.69. The third-order valence-electron chi connectivity index (χ3n) is 4.80. The van der Waals surface area contributed by atoms with Gasteiger partial charge in [-0.2, -0.15) is 0 Å². The molecule has 1 heterocycles. The van der Waals surface area contributed by atoms with Gasteiger partial charge in [0.25, 0.3) is 0 Å². The number of nitrogens with zero attached hydrogens (tertiary/aromatic N) is 1. The summed E-state index contributed by atoms with van der Waals surface area (Å²) in [6, 6.07) is 18.6. The summed E-state index contributed by atoms with van der Waals surface area (Å²) in [5, 5.41) is 0. The Balaban J connectivity index is 1.79. The van der Waals surface area contributed by atoms with Gasteiger partial charge in [-0.05, 0) is 43.5 Å². The zero-order chi connectivity index (χ0) is 17.1. The molecule has 0 bridgehead atoms. The number of methoxy groups -OCH3 is 1. The van der Waals surface area contributed by atoms with Gasteiger partial charge in [0.2, 0.25) is 0 Å². The number of hydrogen-bond acceptors (Lipinski definition) is 2. The van der Waals surface area contributed by atoms with Crippen molar-refractivity contribution in [3.8, 4) is 28.3 Å². The van der Waals surface area contributed by atoms with Crippen LogP contribution in [0.1, 0.15) is 31.0 Å². The molecule has 0 unspecified atom stereocenters. The molecule has 1 aliphatic rings. The Morgan fingerprint density at radius 3 is 2.44 bits per heavy atom. The first-order valence-corrected chi connectivity index (χ1v) is 8.80. The predicted molar refractivity (Wildman–Crippen MR) is 102 cm³/mol. The van der Waals surface area contributed by atoms with Gasteiger partial charge in [-0.1, -0.05) is 42.5 Å². The maximum atomic E-state index is 5.29. The lowest BCUT2D eigenvalue weighted by atomic mass is 9.94. The van der Waals surface area contributed by atoms with Crippen molar-refractivity contribution < 1.29 is 4.74 Å². The Bertz CT molecular complexity index is 863. The number of hydrogen-bond donors (Lipinski definition) is 1. The van der Waals surface area contributed by atoms with E-state index in [1.54, 1.807) is 7.11 Å². The van der Waals surface area contributed by atoms with E-state index in [9.17, 15) is 0 Å². The second-order valence-corrected chi connectivity index (χ2v) is 6.42. The molecular weight excluding hydrogens is 308 g/mol. The van der Waals surface area contributed by atoms with Crippen molar-refractivity contribution in [1.29, 1.82) is 0 Å². The highest BCUT2D eigenvalue weighted by atomic mass is 16.5. The van der Waals surface area contributed by atoms with Gasteiger partial charge >= 0.3 is 0 Å². The Kier molecular flexibility index (Phi) is 4.38. The number of H-pyrrole nitrogens is 1. The molecule has 1 atom stereocenters. The van der Waals surface area contributed by atoms with E-state index in [0.717, 1.165) is 53.4 Å². The van der Waals surface area contributed by atoms with E-state index >= 15 is 0 Å². The molecule has 2 aromatic carbocycles. The molecule has 126 valence electrons. The second-order valence-electron chi connectivity index (χ2n) is 6.42. The Morgan fingerprint density at radius 2 is 1.76 bits per heavy atom. The second kappa shape index (κ2) is 6.98. The minimum absolute atomic E-state index is 0.472. The average Bonchev–Trinajstić information content (AvgIpc) is 3.15. The number of imidazole rings is 1. The van der Waals surface area contributed by atoms with E-state index in [0.29, 0.717) is 5.92 Å². The number of aromatic nitrogens is 2. The van der Waals surface area contributed by atoms with Crippen LogP contribution in [0.25, 0.3) is 22.5 Å². The number of ether oxygens (including phenoxy) is 1. The summed E-state index contributed by atoms with van der Waals surface area (Å²) in [5.41, 5.74) is 4.38. The molecule has 0 spiro atoms. The number of rotatable bonds is 4. The maximum Gasteiger partial charge on any atom is 0.118 e. The number of nitrogens with one attached hydrogen (secondary N) is 1. The minimum Gasteiger partial charge on any atom is -0.497 e. The van der Waals surface area contributed by atoms with Crippen LogP contribution >= 0.6 is 0 Å². The molecule has 0 amide bonds. The molecule has 1 N–H and O–H groups in total. The molecule has 0 radical (unpaired) electrons. The summed E-state index contributed by atoms with van der Waals surface area (Å²) < 4.78 is 5.29. The number of allylic oxidation sites excluding steroid dienone is 2. The minimum atomic E-state index is 0.472. The van der Waals surface area contributed by atoms with Crippen LogP contribution in [0.5, 0.6) is 5.75 Å². The summed E-state index contributed by atoms with van der Waals surface area (Å²) in [6.07, 6.45) is 7.88. The Hall–Kier alpha value is -2.81. The van der Waals surface area contributed by atoms with Gasteiger partial charge in [-0.25, -0.2) is 4.98 Å². The fourth-order valence-corrected chi connectivity index (χ4v) is 3.40. The van der Waals surface area contributed by atoms with E-state index < -0.39 is 0 Å². The molecular formula is C22H22N2O. The monoisotopic (exact) mass is 330 g/mol. The van der Waals surface area contributed by atoms with Gasteiger partial charge in [-0.3, -0.25) is 0 Å². The first-order chi connectivity index (χ1) is 12.3. The Morgan fingerprint density at radius 1 is 0.960 bits per heavy atom. The topological polar surface area (TPSA) is 37.9 Å². The van der Waals surface area contributed by atoms with Crippen molar-refractivity contribution in [2.45, 2.75) is 25.2 Å². The van der Waals surface area contributed by atoms with Gasteiger partial charge in [0, 0.05) is 17.0 Å². The standard InChI is InChI=1S/C22H22N2O/c1-25-19-14-12-17(13-15-19)21-20(16-8-4-2-5-9-16)23-22(24-21)18-10-6-3-7-11-18/h2-6,8-9,12-15,18H,7,10-11H2,1H3,(H,23,24)/t18-/m1/s1. The summed E-state index contributed by atoms with van der Waals surface area (Å²) in [6.45, 7) is 0. The van der Waals surface area contributed by atoms with Crippen LogP contribution in [0, 0.1) is 0 Å². The van der Waals surface area contributed by atoms with Gasteiger partial charge in [0.05, 0.1) is 18.5 Å². The van der Waals surface area contributed by atoms with Crippen LogP contribution in [0.3, 0.4) is 0 Å². The molecule has 4 rings (SSSR count). The largest absolute Gasteiger partial charge is 0.497 e. The molecule has 0 aliphatic heterocycles. The van der Waals surface area contributed by atoms with Crippen LogP contribution in [0.4, 0.5) is 0 Å². The summed E-state index contributed by atoms with van der Waals surface area (Å²) in [5.74, 6) is 2.43. The van der Waals surface area contributed by atoms with Crippen molar-refractivity contribution in [1.82, 2.24) is 9.97 Å². The number of aromatic amines is 1. The molecule has 3 aromatic rings. The fourth-order valence-electron chi connectivity index (χ4n) is 3.40. The Labute approximate surface area is 148 Å². The van der Waals surface area contributed by atoms with Gasteiger partial charge < -0.3 is 9.72 Å². The van der Waals surface area contributed by atoms with E-state index in [1.807, 2.05) is 18.2 Å². The molecule has 3 nitrogen and oxygen atoms in total. The lowest BCUT2D eigenvalue weighted by Gasteiger charge is -2.14. The quantitative estimate of drug-likeness (QED) is 0.634. The molecule has 25 heavy (non-hydrogen) atoms. The fraction of sp³-hybridized carbons (Fsp3) is 0.227. The van der Waals surface area contributed by atoms with Crippen LogP contribution in [-0.4, -0.2) is 17.1 Å². The van der Waals surface area contributed by atoms with E-state index in [2.05, 4.69) is 53.5 Å². The van der Waals surface area contributed by atoms with Crippen molar-refractivity contribution in [2.24, 2.45) is 0 Å². The zero-order valence-corrected chi connectivity index (χ0v) is 14.4. The highest BCUT2D eigenvalue weighted by Crippen LogP contribution is 2.35. The molecule has 0 saturated heterocycles. The molecule has 3 heteroatoms. The van der Waals surface area contributed by atoms with Crippen molar-refractivity contribution in [3.63, 3.8) is 0 Å². The normalized spacial score (nSPS) is 16.8. The van der Waals surface area contributed by atoms with E-state index in [1.165, 1.54) is 0 Å². The first kappa shape index (κ1) is 15.7. The lowest BCUT2D eigenvalue weighted by molar-refractivity contribution is 0.415. The maximum absolute atomic E-state index is 5.29. The molecule has 1 aromatic heterocycles. The number of benzene rings is 2. The van der Waals surface area contributed by atoms with Crippen molar-refractivity contribution in [2.75, 3.05) is 7.11 Å². The van der Waals surface area contributed by atoms with Crippen LogP contribution in [0.15, 0.2) is 66.7 Å². The zero-order valence-electron chi connectivity index (χ0n) is 14.4. The summed E-state index contributed by atoms with van der Waals surface area (Å²) in [4.78, 5) is 8.62. The van der Waals surface area contributed by atoms with Gasteiger partial charge in [0.15, 0.2) is 0 Å². The van der Waals surface area contributed by atoms with E-state index in [-0.39, 0.29) is 0 Å². The molecule has 0 saturated carbocycles. The third kappa shape index (κ3) is 3.22. The van der Waals surface area contributed by atoms with Crippen molar-refractivity contribution >= 4 is 0 Å². The average molecular weight is 330 g/mol. The van der Waals surface area contributed by atoms with Crippen molar-refractivity contribution in [3.05, 3.63) is 72.6 Å². The van der Waals surface area contributed by atoms with Crippen LogP contribution in [-0.2, 0) is 0 Å². The van der Waals surface area contributed by atoms with E-state index in [4.69, 9.17) is 9.72 Å². The lowest BCUT2D eigenvalue weighted by Crippen LogP contribution is -2.02. The van der Waals surface area contributed by atoms with Gasteiger partial charge in [0.1, 0.15) is 11.6 Å². The first-order valence-electron chi connectivity index (χ1n) is 8.80. The third-order valence-corrected chi connectivity index (χ3v) is 4.80. The summed E-state index contributed by atoms with van der Waals surface area (Å²) >= 11 is 0. The highest BCUT2D eigenvalue weighted by molar-refractivity contribution is 5.78. The van der Waals surface area contributed by atoms with Crippen LogP contribution in [0.2, 0.25) is 0 Å². The van der Waals surface area contributed by atoms with Crippen LogP contribution < -0.4 is 4.74 Å². The smallest absolute Gasteiger partial charge is 0.118 e. The SMILES string of the molecule is COc1ccc(-c2[nH]c([C@@H]3CC=CCC3)nc2-c2ccccc2)cc1. The molecule has 0 fully saturated rings. The van der Waals surface area contributed by atoms with Gasteiger partial charge in [-0.15, -0.1) is 0 Å². The predicted octanol–water partition coefficient (Wildman–Crippen LogP) is 5.58. The highest BCUT2D eigenvalue weighted by Gasteiger charge is 2.20.